The van der Waals surface area contributed by atoms with Gasteiger partial charge in [0.2, 0.25) is 11.9 Å². The summed E-state index contributed by atoms with van der Waals surface area (Å²) in [7, 11) is 0. The number of primary amides is 1. The highest BCUT2D eigenvalue weighted by Crippen LogP contribution is 2.34. The van der Waals surface area contributed by atoms with E-state index in [4.69, 9.17) is 5.73 Å². The molecule has 0 saturated heterocycles. The minimum Gasteiger partial charge on any atom is -0.366 e. The highest BCUT2D eigenvalue weighted by Gasteiger charge is 2.14. The Morgan fingerprint density at radius 1 is 1.04 bits per heavy atom. The number of amides is 1. The van der Waals surface area contributed by atoms with Crippen molar-refractivity contribution in [1.82, 2.24) is 15.0 Å². The number of nitrogens with zero attached hydrogens (tertiary/aromatic N) is 3. The minimum absolute atomic E-state index is 0.444. The molecule has 128 valence electrons. The van der Waals surface area contributed by atoms with Crippen LogP contribution >= 0.6 is 11.3 Å². The SMILES string of the molecule is NC(=O)c1cccc2c(-c3ncnc(NCc4ccccc4)n3)scc12. The molecule has 7 heteroatoms. The molecule has 0 unspecified atom stereocenters. The fraction of sp³-hybridized carbons (Fsp3) is 0.0526. The Bertz CT molecular complexity index is 1080. The summed E-state index contributed by atoms with van der Waals surface area (Å²) in [5, 5.41) is 6.85. The fourth-order valence-electron chi connectivity index (χ4n) is 2.73. The number of aromatic nitrogens is 3. The topological polar surface area (TPSA) is 93.8 Å². The fourth-order valence-corrected chi connectivity index (χ4v) is 3.73. The maximum Gasteiger partial charge on any atom is 0.249 e. The van der Waals surface area contributed by atoms with E-state index in [0.29, 0.717) is 23.9 Å². The molecule has 0 aliphatic rings. The van der Waals surface area contributed by atoms with Crippen molar-refractivity contribution in [2.45, 2.75) is 6.54 Å². The lowest BCUT2D eigenvalue weighted by Gasteiger charge is -2.06. The van der Waals surface area contributed by atoms with E-state index in [1.807, 2.05) is 47.8 Å². The summed E-state index contributed by atoms with van der Waals surface area (Å²) < 4.78 is 0. The second-order valence-electron chi connectivity index (χ2n) is 5.67. The van der Waals surface area contributed by atoms with E-state index in [0.717, 1.165) is 21.2 Å². The smallest absolute Gasteiger partial charge is 0.249 e. The average molecular weight is 361 g/mol. The van der Waals surface area contributed by atoms with Gasteiger partial charge < -0.3 is 11.1 Å². The quantitative estimate of drug-likeness (QED) is 0.568. The van der Waals surface area contributed by atoms with Gasteiger partial charge in [-0.15, -0.1) is 11.3 Å². The number of carbonyl (C=O) groups excluding carboxylic acids is 1. The second kappa shape index (κ2) is 6.89. The monoisotopic (exact) mass is 361 g/mol. The summed E-state index contributed by atoms with van der Waals surface area (Å²) in [5.74, 6) is 0.629. The Morgan fingerprint density at radius 3 is 2.69 bits per heavy atom. The largest absolute Gasteiger partial charge is 0.366 e. The number of benzene rings is 2. The van der Waals surface area contributed by atoms with Crippen LogP contribution in [0.1, 0.15) is 15.9 Å². The summed E-state index contributed by atoms with van der Waals surface area (Å²) >= 11 is 1.48. The standard InChI is InChI=1S/C19H15N5OS/c20-17(25)14-8-4-7-13-15(14)10-26-16(13)18-22-11-23-19(24-18)21-9-12-5-2-1-3-6-12/h1-8,10-11H,9H2,(H2,20,25)(H,21,22,23,24). The van der Waals surface area contributed by atoms with E-state index in [-0.39, 0.29) is 0 Å². The number of hydrogen-bond acceptors (Lipinski definition) is 6. The predicted molar refractivity (Wildman–Crippen MR) is 103 cm³/mol. The molecule has 0 bridgehead atoms. The van der Waals surface area contributed by atoms with Crippen molar-refractivity contribution < 1.29 is 4.79 Å². The van der Waals surface area contributed by atoms with Crippen molar-refractivity contribution in [2.24, 2.45) is 5.73 Å². The van der Waals surface area contributed by atoms with Crippen molar-refractivity contribution in [3.05, 3.63) is 71.4 Å². The molecule has 4 aromatic rings. The molecule has 0 atom stereocenters. The van der Waals surface area contributed by atoms with E-state index in [1.165, 1.54) is 17.7 Å². The van der Waals surface area contributed by atoms with Gasteiger partial charge in [-0.1, -0.05) is 42.5 Å². The van der Waals surface area contributed by atoms with Crippen molar-refractivity contribution >= 4 is 34.0 Å². The van der Waals surface area contributed by atoms with Crippen molar-refractivity contribution in [1.29, 1.82) is 0 Å². The zero-order chi connectivity index (χ0) is 17.9. The Morgan fingerprint density at radius 2 is 1.88 bits per heavy atom. The Hall–Kier alpha value is -3.32. The summed E-state index contributed by atoms with van der Waals surface area (Å²) in [4.78, 5) is 25.5. The van der Waals surface area contributed by atoms with Crippen molar-refractivity contribution in [3.8, 4) is 10.7 Å². The van der Waals surface area contributed by atoms with Gasteiger partial charge in [-0.2, -0.15) is 4.98 Å². The van der Waals surface area contributed by atoms with Crippen molar-refractivity contribution in [3.63, 3.8) is 0 Å². The van der Waals surface area contributed by atoms with Crippen LogP contribution in [-0.2, 0) is 6.54 Å². The number of carbonyl (C=O) groups is 1. The first kappa shape index (κ1) is 16.2. The van der Waals surface area contributed by atoms with E-state index in [9.17, 15) is 4.79 Å². The van der Waals surface area contributed by atoms with Crippen LogP contribution in [0.2, 0.25) is 0 Å². The molecule has 0 spiro atoms. The molecule has 0 saturated carbocycles. The molecule has 26 heavy (non-hydrogen) atoms. The third kappa shape index (κ3) is 3.12. The lowest BCUT2D eigenvalue weighted by Crippen LogP contribution is -2.10. The molecule has 0 aliphatic heterocycles. The first-order valence-corrected chi connectivity index (χ1v) is 8.87. The predicted octanol–water partition coefficient (Wildman–Crippen LogP) is 3.46. The van der Waals surface area contributed by atoms with Crippen molar-refractivity contribution in [2.75, 3.05) is 5.32 Å². The molecule has 3 N–H and O–H groups in total. The van der Waals surface area contributed by atoms with Gasteiger partial charge in [0.15, 0.2) is 5.82 Å². The average Bonchev–Trinajstić information content (AvgIpc) is 3.11. The van der Waals surface area contributed by atoms with E-state index in [2.05, 4.69) is 20.3 Å². The number of hydrogen-bond donors (Lipinski definition) is 2. The van der Waals surface area contributed by atoms with Gasteiger partial charge in [0.1, 0.15) is 6.33 Å². The highest BCUT2D eigenvalue weighted by molar-refractivity contribution is 7.15. The number of rotatable bonds is 5. The molecular formula is C19H15N5OS. The second-order valence-corrected chi connectivity index (χ2v) is 6.55. The minimum atomic E-state index is -0.444. The number of anilines is 1. The zero-order valence-electron chi connectivity index (χ0n) is 13.7. The molecule has 0 radical (unpaired) electrons. The van der Waals surface area contributed by atoms with Crippen LogP contribution in [0.3, 0.4) is 0 Å². The normalized spacial score (nSPS) is 10.8. The van der Waals surface area contributed by atoms with Gasteiger partial charge in [0.05, 0.1) is 4.88 Å². The lowest BCUT2D eigenvalue weighted by atomic mass is 10.1. The maximum absolute atomic E-state index is 11.6. The number of thiophene rings is 1. The third-order valence-corrected chi connectivity index (χ3v) is 4.97. The summed E-state index contributed by atoms with van der Waals surface area (Å²) in [6.45, 7) is 0.626. The first-order valence-electron chi connectivity index (χ1n) is 7.99. The Balaban J connectivity index is 1.65. The molecule has 2 aromatic carbocycles. The van der Waals surface area contributed by atoms with Gasteiger partial charge in [-0.25, -0.2) is 9.97 Å². The van der Waals surface area contributed by atoms with E-state index >= 15 is 0 Å². The van der Waals surface area contributed by atoms with Gasteiger partial charge in [-0.05, 0) is 11.6 Å². The molecule has 0 aliphatic carbocycles. The number of fused-ring (bicyclic) bond motifs is 1. The van der Waals surface area contributed by atoms with Gasteiger partial charge in [0, 0.05) is 28.3 Å². The van der Waals surface area contributed by atoms with Crippen LogP contribution in [0.15, 0.2) is 60.2 Å². The molecule has 4 rings (SSSR count). The van der Waals surface area contributed by atoms with E-state index in [1.54, 1.807) is 6.07 Å². The third-order valence-electron chi connectivity index (χ3n) is 3.98. The van der Waals surface area contributed by atoms with Crippen LogP contribution in [0.5, 0.6) is 0 Å². The Labute approximate surface area is 153 Å². The summed E-state index contributed by atoms with van der Waals surface area (Å²) in [5.41, 5.74) is 7.10. The van der Waals surface area contributed by atoms with Crippen LogP contribution in [0, 0.1) is 0 Å². The molecule has 2 heterocycles. The van der Waals surface area contributed by atoms with Gasteiger partial charge in [0.25, 0.3) is 0 Å². The van der Waals surface area contributed by atoms with Crippen LogP contribution < -0.4 is 11.1 Å². The molecule has 0 fully saturated rings. The molecule has 1 amide bonds. The van der Waals surface area contributed by atoms with Gasteiger partial charge in [-0.3, -0.25) is 4.79 Å². The van der Waals surface area contributed by atoms with E-state index < -0.39 is 5.91 Å². The van der Waals surface area contributed by atoms with Crippen LogP contribution in [-0.4, -0.2) is 20.9 Å². The van der Waals surface area contributed by atoms with Crippen LogP contribution in [0.25, 0.3) is 21.5 Å². The zero-order valence-corrected chi connectivity index (χ0v) is 14.5. The number of nitrogens with two attached hydrogens (primary N) is 1. The maximum atomic E-state index is 11.6. The first-order chi connectivity index (χ1) is 12.7. The number of nitrogens with one attached hydrogen (secondary N) is 1. The molecular weight excluding hydrogens is 346 g/mol. The molecule has 2 aromatic heterocycles. The lowest BCUT2D eigenvalue weighted by molar-refractivity contribution is 0.100. The summed E-state index contributed by atoms with van der Waals surface area (Å²) in [6.07, 6.45) is 1.49. The van der Waals surface area contributed by atoms with Crippen LogP contribution in [0.4, 0.5) is 5.95 Å². The van der Waals surface area contributed by atoms with Gasteiger partial charge >= 0.3 is 0 Å². The highest BCUT2D eigenvalue weighted by atomic mass is 32.1. The summed E-state index contributed by atoms with van der Waals surface area (Å²) in [6, 6.07) is 15.5. The molecule has 6 nitrogen and oxygen atoms in total. The Kier molecular flexibility index (Phi) is 4.28.